The van der Waals surface area contributed by atoms with Crippen LogP contribution in [0.5, 0.6) is 0 Å². The third-order valence-electron chi connectivity index (χ3n) is 6.45. The summed E-state index contributed by atoms with van der Waals surface area (Å²) in [5.74, 6) is -0.177. The molecule has 2 aromatic rings. The minimum atomic E-state index is -3.80. The fourth-order valence-electron chi connectivity index (χ4n) is 4.88. The molecule has 2 aliphatic heterocycles. The van der Waals surface area contributed by atoms with E-state index in [-0.39, 0.29) is 16.8 Å². The molecule has 0 saturated carbocycles. The van der Waals surface area contributed by atoms with Crippen molar-refractivity contribution >= 4 is 21.6 Å². The number of nitrogens with zero attached hydrogens (tertiary/aromatic N) is 3. The zero-order valence-electron chi connectivity index (χ0n) is 18.8. The fourth-order valence-corrected chi connectivity index (χ4v) is 6.81. The molecule has 4 rings (SSSR count). The van der Waals surface area contributed by atoms with E-state index in [9.17, 15) is 13.2 Å². The second-order valence-electron chi connectivity index (χ2n) is 8.82. The number of rotatable bonds is 4. The van der Waals surface area contributed by atoms with Gasteiger partial charge in [-0.05, 0) is 58.2 Å². The zero-order chi connectivity index (χ0) is 22.3. The van der Waals surface area contributed by atoms with Crippen molar-refractivity contribution in [3.05, 3.63) is 46.8 Å². The average Bonchev–Trinajstić information content (AvgIpc) is 3.35. The quantitative estimate of drug-likeness (QED) is 0.786. The Morgan fingerprint density at radius 1 is 1.03 bits per heavy atom. The van der Waals surface area contributed by atoms with Crippen LogP contribution in [0.2, 0.25) is 0 Å². The summed E-state index contributed by atoms with van der Waals surface area (Å²) < 4.78 is 29.0. The van der Waals surface area contributed by atoms with Crippen molar-refractivity contribution in [2.24, 2.45) is 0 Å². The Morgan fingerprint density at radius 2 is 1.74 bits per heavy atom. The highest BCUT2D eigenvalue weighted by atomic mass is 32.2. The number of piperazine rings is 1. The van der Waals surface area contributed by atoms with Gasteiger partial charge in [0.15, 0.2) is 0 Å². The molecule has 1 atom stereocenters. The van der Waals surface area contributed by atoms with E-state index in [4.69, 9.17) is 0 Å². The van der Waals surface area contributed by atoms with Gasteiger partial charge in [0.1, 0.15) is 4.90 Å². The van der Waals surface area contributed by atoms with Gasteiger partial charge in [-0.15, -0.1) is 0 Å². The van der Waals surface area contributed by atoms with Gasteiger partial charge in [-0.2, -0.15) is 4.31 Å². The van der Waals surface area contributed by atoms with Gasteiger partial charge < -0.3 is 14.8 Å². The molecule has 3 heterocycles. The normalized spacial score (nSPS) is 20.5. The first-order valence-corrected chi connectivity index (χ1v) is 12.5. The van der Waals surface area contributed by atoms with Gasteiger partial charge >= 0.3 is 0 Å². The predicted molar refractivity (Wildman–Crippen MR) is 122 cm³/mol. The number of hydrogen-bond donors (Lipinski definition) is 1. The van der Waals surface area contributed by atoms with E-state index in [1.807, 2.05) is 6.07 Å². The summed E-state index contributed by atoms with van der Waals surface area (Å²) >= 11 is 0. The number of aryl methyl sites for hydroxylation is 3. The Hall–Kier alpha value is -2.32. The van der Waals surface area contributed by atoms with Crippen LogP contribution in [0.3, 0.4) is 0 Å². The summed E-state index contributed by atoms with van der Waals surface area (Å²) in [7, 11) is -3.80. The van der Waals surface area contributed by atoms with Gasteiger partial charge in [-0.3, -0.25) is 4.79 Å². The highest BCUT2D eigenvalue weighted by Crippen LogP contribution is 2.31. The Morgan fingerprint density at radius 3 is 2.39 bits per heavy atom. The van der Waals surface area contributed by atoms with Crippen LogP contribution in [0, 0.1) is 20.8 Å². The van der Waals surface area contributed by atoms with Crippen LogP contribution < -0.4 is 4.90 Å². The van der Waals surface area contributed by atoms with Crippen LogP contribution >= 0.6 is 0 Å². The maximum Gasteiger partial charge on any atom is 0.257 e. The molecular formula is C23H32N4O3S. The van der Waals surface area contributed by atoms with Crippen LogP contribution in [0.15, 0.2) is 29.2 Å². The minimum absolute atomic E-state index is 0.0309. The topological polar surface area (TPSA) is 76.7 Å². The van der Waals surface area contributed by atoms with Gasteiger partial charge in [0.2, 0.25) is 10.0 Å². The van der Waals surface area contributed by atoms with Crippen molar-refractivity contribution in [2.75, 3.05) is 37.6 Å². The number of benzene rings is 1. The number of nitrogens with one attached hydrogen (secondary N) is 1. The molecule has 1 N–H and O–H groups in total. The Balaban J connectivity index is 1.62. The molecule has 0 bridgehead atoms. The number of sulfonamides is 1. The van der Waals surface area contributed by atoms with Crippen LogP contribution in [0.4, 0.5) is 5.69 Å². The molecule has 1 aromatic heterocycles. The van der Waals surface area contributed by atoms with Gasteiger partial charge in [-0.1, -0.05) is 12.1 Å². The third kappa shape index (κ3) is 3.99. The van der Waals surface area contributed by atoms with Crippen molar-refractivity contribution in [3.8, 4) is 0 Å². The molecular weight excluding hydrogens is 412 g/mol. The number of hydrogen-bond acceptors (Lipinski definition) is 4. The van der Waals surface area contributed by atoms with E-state index in [0.717, 1.165) is 18.5 Å². The zero-order valence-corrected chi connectivity index (χ0v) is 19.6. The molecule has 0 spiro atoms. The van der Waals surface area contributed by atoms with Gasteiger partial charge in [0, 0.05) is 55.8 Å². The van der Waals surface area contributed by atoms with Crippen LogP contribution in [-0.4, -0.2) is 67.3 Å². The number of carbonyl (C=O) groups excluding carboxylic acids is 1. The molecule has 31 heavy (non-hydrogen) atoms. The number of amides is 1. The van der Waals surface area contributed by atoms with Gasteiger partial charge in [0.25, 0.3) is 5.91 Å². The maximum absolute atomic E-state index is 13.7. The molecule has 168 valence electrons. The Kier molecular flexibility index (Phi) is 5.87. The smallest absolute Gasteiger partial charge is 0.257 e. The second kappa shape index (κ2) is 8.31. The number of carbonyl (C=O) groups is 1. The Bertz CT molecular complexity index is 1090. The van der Waals surface area contributed by atoms with E-state index in [1.54, 1.807) is 23.1 Å². The van der Waals surface area contributed by atoms with Crippen LogP contribution in [0.25, 0.3) is 0 Å². The predicted octanol–water partition coefficient (Wildman–Crippen LogP) is 3.08. The first kappa shape index (κ1) is 21.9. The molecule has 0 aliphatic carbocycles. The van der Waals surface area contributed by atoms with Crippen molar-refractivity contribution in [3.63, 3.8) is 0 Å². The lowest BCUT2D eigenvalue weighted by molar-refractivity contribution is 0.0788. The average molecular weight is 445 g/mol. The molecule has 1 amide bonds. The van der Waals surface area contributed by atoms with Crippen molar-refractivity contribution in [1.82, 2.24) is 14.2 Å². The van der Waals surface area contributed by atoms with Gasteiger partial charge in [0.05, 0.1) is 5.56 Å². The lowest BCUT2D eigenvalue weighted by Gasteiger charge is -2.40. The fraction of sp³-hybridized carbons (Fsp3) is 0.522. The highest BCUT2D eigenvalue weighted by Gasteiger charge is 2.38. The molecule has 0 unspecified atom stereocenters. The maximum atomic E-state index is 13.7. The first-order valence-electron chi connectivity index (χ1n) is 11.0. The number of H-pyrrole nitrogens is 1. The summed E-state index contributed by atoms with van der Waals surface area (Å²) in [4.78, 5) is 20.5. The molecule has 2 aliphatic rings. The van der Waals surface area contributed by atoms with E-state index in [0.29, 0.717) is 49.7 Å². The molecule has 8 heteroatoms. The van der Waals surface area contributed by atoms with E-state index in [2.05, 4.69) is 41.9 Å². The van der Waals surface area contributed by atoms with E-state index in [1.165, 1.54) is 5.56 Å². The number of anilines is 1. The SMILES string of the molecule is Cc1cccc(N2CCN(S(=O)(=O)c3c(C)[nH]c(C)c3C(=O)N3CCCC3)C[C@@H]2C)c1. The lowest BCUT2D eigenvalue weighted by Crippen LogP contribution is -2.53. The molecule has 2 fully saturated rings. The van der Waals surface area contributed by atoms with Gasteiger partial charge in [-0.25, -0.2) is 8.42 Å². The van der Waals surface area contributed by atoms with Crippen LogP contribution in [0.1, 0.15) is 47.1 Å². The Labute approximate surface area is 185 Å². The largest absolute Gasteiger partial charge is 0.366 e. The number of aromatic nitrogens is 1. The van der Waals surface area contributed by atoms with Crippen LogP contribution in [-0.2, 0) is 10.0 Å². The standard InChI is InChI=1S/C23H32N4O3S/c1-16-8-7-9-20(14-16)27-13-12-26(15-17(27)2)31(29,30)22-19(4)24-18(3)21(22)23(28)25-10-5-6-11-25/h7-9,14,17,24H,5-6,10-13,15H2,1-4H3/t17-/m0/s1. The summed E-state index contributed by atoms with van der Waals surface area (Å²) in [6, 6.07) is 8.32. The molecule has 1 aromatic carbocycles. The second-order valence-corrected chi connectivity index (χ2v) is 10.7. The third-order valence-corrected chi connectivity index (χ3v) is 8.48. The highest BCUT2D eigenvalue weighted by molar-refractivity contribution is 7.89. The molecule has 2 saturated heterocycles. The summed E-state index contributed by atoms with van der Waals surface area (Å²) in [6.45, 7) is 10.4. The number of likely N-dealkylation sites (tertiary alicyclic amines) is 1. The number of aromatic amines is 1. The van der Waals surface area contributed by atoms with E-state index < -0.39 is 10.0 Å². The van der Waals surface area contributed by atoms with Crippen molar-refractivity contribution < 1.29 is 13.2 Å². The summed E-state index contributed by atoms with van der Waals surface area (Å²) in [6.07, 6.45) is 1.93. The first-order chi connectivity index (χ1) is 14.7. The lowest BCUT2D eigenvalue weighted by atomic mass is 10.1. The monoisotopic (exact) mass is 444 g/mol. The summed E-state index contributed by atoms with van der Waals surface area (Å²) in [5.41, 5.74) is 3.77. The van der Waals surface area contributed by atoms with Crippen molar-refractivity contribution in [2.45, 2.75) is 51.5 Å². The summed E-state index contributed by atoms with van der Waals surface area (Å²) in [5, 5.41) is 0. The minimum Gasteiger partial charge on any atom is -0.366 e. The van der Waals surface area contributed by atoms with E-state index >= 15 is 0 Å². The molecule has 7 nitrogen and oxygen atoms in total. The molecule has 0 radical (unpaired) electrons. The van der Waals surface area contributed by atoms with Crippen molar-refractivity contribution in [1.29, 1.82) is 0 Å².